The molecule has 3 amide bonds. The highest BCUT2D eigenvalue weighted by Gasteiger charge is 2.33. The van der Waals surface area contributed by atoms with Crippen LogP contribution >= 0.6 is 0 Å². The highest BCUT2D eigenvalue weighted by molar-refractivity contribution is 6.25. The second kappa shape index (κ2) is 13.5. The lowest BCUT2D eigenvalue weighted by Gasteiger charge is -2.34. The SMILES string of the molecule is Cc1cccc(CN(C(=O)CCCN2C(=O)c3cccc4cccc2c34)[C@@H](Cc2ccccc2)C(=O)NC2CCCCC2)c1. The highest BCUT2D eigenvalue weighted by atomic mass is 16.2. The van der Waals surface area contributed by atoms with Crippen molar-refractivity contribution in [3.63, 3.8) is 0 Å². The first-order valence-corrected chi connectivity index (χ1v) is 16.0. The van der Waals surface area contributed by atoms with E-state index >= 15 is 0 Å². The maximum atomic E-state index is 14.2. The lowest BCUT2D eigenvalue weighted by atomic mass is 9.94. The van der Waals surface area contributed by atoms with Crippen LogP contribution in [0.3, 0.4) is 0 Å². The highest BCUT2D eigenvalue weighted by Crippen LogP contribution is 2.37. The first-order chi connectivity index (χ1) is 21.5. The van der Waals surface area contributed by atoms with E-state index in [1.807, 2.05) is 91.9 Å². The third-order valence-corrected chi connectivity index (χ3v) is 9.08. The van der Waals surface area contributed by atoms with E-state index in [2.05, 4.69) is 11.4 Å². The quantitative estimate of drug-likeness (QED) is 0.206. The topological polar surface area (TPSA) is 69.7 Å². The average molecular weight is 588 g/mol. The molecular weight excluding hydrogens is 546 g/mol. The molecule has 0 aromatic heterocycles. The van der Waals surface area contributed by atoms with Gasteiger partial charge in [0, 0.05) is 42.9 Å². The van der Waals surface area contributed by atoms with Crippen molar-refractivity contribution in [2.45, 2.75) is 76.9 Å². The van der Waals surface area contributed by atoms with E-state index in [1.165, 1.54) is 6.42 Å². The average Bonchev–Trinajstić information content (AvgIpc) is 3.31. The Labute approximate surface area is 260 Å². The lowest BCUT2D eigenvalue weighted by molar-refractivity contribution is -0.141. The van der Waals surface area contributed by atoms with Crippen molar-refractivity contribution in [1.82, 2.24) is 10.2 Å². The Morgan fingerprint density at radius 2 is 1.61 bits per heavy atom. The molecule has 1 aliphatic carbocycles. The fourth-order valence-electron chi connectivity index (χ4n) is 6.84. The number of amides is 3. The van der Waals surface area contributed by atoms with Crippen molar-refractivity contribution in [1.29, 1.82) is 0 Å². The number of carbonyl (C=O) groups excluding carboxylic acids is 3. The van der Waals surface area contributed by atoms with Gasteiger partial charge in [0.2, 0.25) is 11.8 Å². The molecule has 0 saturated heterocycles. The van der Waals surface area contributed by atoms with Gasteiger partial charge in [-0.25, -0.2) is 0 Å². The summed E-state index contributed by atoms with van der Waals surface area (Å²) in [5.41, 5.74) is 4.75. The van der Waals surface area contributed by atoms with Crippen molar-refractivity contribution < 1.29 is 14.4 Å². The molecule has 0 radical (unpaired) electrons. The number of hydrogen-bond donors (Lipinski definition) is 1. The van der Waals surface area contributed by atoms with E-state index in [4.69, 9.17) is 0 Å². The van der Waals surface area contributed by atoms with Crippen molar-refractivity contribution in [3.05, 3.63) is 113 Å². The number of nitrogens with one attached hydrogen (secondary N) is 1. The Hall–Kier alpha value is -4.45. The Balaban J connectivity index is 1.23. The fraction of sp³-hybridized carbons (Fsp3) is 0.342. The molecule has 1 fully saturated rings. The van der Waals surface area contributed by atoms with E-state index in [1.54, 1.807) is 9.80 Å². The second-order valence-corrected chi connectivity index (χ2v) is 12.3. The van der Waals surface area contributed by atoms with Gasteiger partial charge in [0.25, 0.3) is 5.91 Å². The van der Waals surface area contributed by atoms with Gasteiger partial charge in [-0.3, -0.25) is 14.4 Å². The van der Waals surface area contributed by atoms with Gasteiger partial charge in [0.05, 0.1) is 5.69 Å². The molecule has 1 aliphatic heterocycles. The zero-order chi connectivity index (χ0) is 30.5. The summed E-state index contributed by atoms with van der Waals surface area (Å²) in [5.74, 6) is -0.179. The standard InChI is InChI=1S/C38H41N3O3/c1-27-12-8-15-29(24-27)26-41(34(25-28-13-4-2-5-14-28)37(43)39-31-18-6-3-7-19-31)35(42)22-11-23-40-33-21-10-17-30-16-9-20-32(36(30)33)38(40)44/h2,4-5,8-10,12-17,20-21,24,31,34H,3,6-7,11,18-19,22-23,25-26H2,1H3,(H,39,43)/t34-/m0/s1. The Kier molecular flexibility index (Phi) is 9.06. The van der Waals surface area contributed by atoms with Crippen LogP contribution < -0.4 is 10.2 Å². The molecular formula is C38H41N3O3. The summed E-state index contributed by atoms with van der Waals surface area (Å²) in [6, 6.07) is 29.4. The Morgan fingerprint density at radius 1 is 0.886 bits per heavy atom. The first-order valence-electron chi connectivity index (χ1n) is 16.0. The first kappa shape index (κ1) is 29.6. The molecule has 0 spiro atoms. The summed E-state index contributed by atoms with van der Waals surface area (Å²) in [7, 11) is 0. The van der Waals surface area contributed by atoms with Crippen LogP contribution in [0.4, 0.5) is 5.69 Å². The normalized spacial score (nSPS) is 15.4. The number of carbonyl (C=O) groups is 3. The minimum Gasteiger partial charge on any atom is -0.352 e. The molecule has 6 nitrogen and oxygen atoms in total. The third kappa shape index (κ3) is 6.54. The van der Waals surface area contributed by atoms with Gasteiger partial charge in [0.1, 0.15) is 6.04 Å². The summed E-state index contributed by atoms with van der Waals surface area (Å²) >= 11 is 0. The molecule has 4 aromatic rings. The van der Waals surface area contributed by atoms with Gasteiger partial charge in [-0.15, -0.1) is 0 Å². The predicted octanol–water partition coefficient (Wildman–Crippen LogP) is 6.98. The summed E-state index contributed by atoms with van der Waals surface area (Å²) in [6.45, 7) is 2.83. The predicted molar refractivity (Wildman–Crippen MR) is 176 cm³/mol. The molecule has 0 unspecified atom stereocenters. The van der Waals surface area contributed by atoms with E-state index in [9.17, 15) is 14.4 Å². The van der Waals surface area contributed by atoms with Crippen LogP contribution in [-0.4, -0.2) is 41.2 Å². The number of aryl methyl sites for hydroxylation is 1. The Morgan fingerprint density at radius 3 is 2.39 bits per heavy atom. The van der Waals surface area contributed by atoms with Crippen LogP contribution in [0.1, 0.15) is 72.0 Å². The zero-order valence-corrected chi connectivity index (χ0v) is 25.5. The van der Waals surface area contributed by atoms with Crippen LogP contribution in [-0.2, 0) is 22.6 Å². The summed E-state index contributed by atoms with van der Waals surface area (Å²) in [6.07, 6.45) is 6.59. The number of benzene rings is 4. The van der Waals surface area contributed by atoms with Crippen LogP contribution in [0.25, 0.3) is 10.8 Å². The molecule has 1 N–H and O–H groups in total. The van der Waals surface area contributed by atoms with Gasteiger partial charge < -0.3 is 15.1 Å². The summed E-state index contributed by atoms with van der Waals surface area (Å²) in [4.78, 5) is 45.1. The summed E-state index contributed by atoms with van der Waals surface area (Å²) in [5, 5.41) is 5.34. The molecule has 2 aliphatic rings. The van der Waals surface area contributed by atoms with Crippen LogP contribution in [0, 0.1) is 6.92 Å². The van der Waals surface area contributed by atoms with Gasteiger partial charge >= 0.3 is 0 Å². The fourth-order valence-corrected chi connectivity index (χ4v) is 6.84. The molecule has 226 valence electrons. The van der Waals surface area contributed by atoms with Crippen LogP contribution in [0.2, 0.25) is 0 Å². The van der Waals surface area contributed by atoms with E-state index in [0.717, 1.165) is 58.8 Å². The van der Waals surface area contributed by atoms with Gasteiger partial charge in [-0.05, 0) is 54.8 Å². The van der Waals surface area contributed by atoms with Crippen LogP contribution in [0.15, 0.2) is 91.0 Å². The number of nitrogens with zero attached hydrogens (tertiary/aromatic N) is 2. The number of rotatable bonds is 11. The van der Waals surface area contributed by atoms with Gasteiger partial charge in [-0.2, -0.15) is 0 Å². The van der Waals surface area contributed by atoms with E-state index < -0.39 is 6.04 Å². The largest absolute Gasteiger partial charge is 0.352 e. The molecule has 0 bridgehead atoms. The smallest absolute Gasteiger partial charge is 0.258 e. The van der Waals surface area contributed by atoms with Crippen molar-refractivity contribution in [2.24, 2.45) is 0 Å². The molecule has 1 saturated carbocycles. The molecule has 6 heteroatoms. The number of anilines is 1. The minimum absolute atomic E-state index is 0.0188. The summed E-state index contributed by atoms with van der Waals surface area (Å²) < 4.78 is 0. The minimum atomic E-state index is -0.640. The molecule has 44 heavy (non-hydrogen) atoms. The van der Waals surface area contributed by atoms with E-state index in [-0.39, 0.29) is 30.2 Å². The zero-order valence-electron chi connectivity index (χ0n) is 25.5. The van der Waals surface area contributed by atoms with E-state index in [0.29, 0.717) is 31.5 Å². The maximum Gasteiger partial charge on any atom is 0.258 e. The van der Waals surface area contributed by atoms with Crippen LogP contribution in [0.5, 0.6) is 0 Å². The monoisotopic (exact) mass is 587 g/mol. The second-order valence-electron chi connectivity index (χ2n) is 12.3. The molecule has 1 heterocycles. The molecule has 4 aromatic carbocycles. The molecule has 1 atom stereocenters. The van der Waals surface area contributed by atoms with Gasteiger partial charge in [0.15, 0.2) is 0 Å². The van der Waals surface area contributed by atoms with Crippen molar-refractivity contribution in [3.8, 4) is 0 Å². The van der Waals surface area contributed by atoms with Gasteiger partial charge in [-0.1, -0.05) is 104 Å². The van der Waals surface area contributed by atoms with Crippen molar-refractivity contribution >= 4 is 34.2 Å². The maximum absolute atomic E-state index is 14.2. The Bertz CT molecular complexity index is 1640. The number of hydrogen-bond acceptors (Lipinski definition) is 3. The molecule has 6 rings (SSSR count). The third-order valence-electron chi connectivity index (χ3n) is 9.08. The lowest BCUT2D eigenvalue weighted by Crippen LogP contribution is -2.52. The van der Waals surface area contributed by atoms with Crippen molar-refractivity contribution in [2.75, 3.05) is 11.4 Å².